The van der Waals surface area contributed by atoms with Crippen molar-refractivity contribution in [3.8, 4) is 11.5 Å². The molecule has 2 aromatic rings. The van der Waals surface area contributed by atoms with Crippen molar-refractivity contribution in [3.05, 3.63) is 40.6 Å². The van der Waals surface area contributed by atoms with Gasteiger partial charge in [-0.2, -0.15) is 0 Å². The van der Waals surface area contributed by atoms with Crippen molar-refractivity contribution in [2.45, 2.75) is 31.1 Å². The molecule has 4 rings (SSSR count). The third kappa shape index (κ3) is 3.26. The van der Waals surface area contributed by atoms with Crippen molar-refractivity contribution in [1.29, 1.82) is 0 Å². The van der Waals surface area contributed by atoms with E-state index in [4.69, 9.17) is 9.47 Å². The third-order valence-electron chi connectivity index (χ3n) is 5.03. The molecule has 1 aromatic carbocycles. The number of amides is 2. The summed E-state index contributed by atoms with van der Waals surface area (Å²) >= 11 is 1.72. The van der Waals surface area contributed by atoms with E-state index in [1.165, 1.54) is 4.88 Å². The molecule has 0 spiro atoms. The second kappa shape index (κ2) is 6.99. The van der Waals surface area contributed by atoms with Crippen LogP contribution in [0, 0.1) is 0 Å². The number of nitrogens with one attached hydrogen (secondary N) is 2. The minimum atomic E-state index is -0.678. The Morgan fingerprint density at radius 2 is 1.88 bits per heavy atom. The quantitative estimate of drug-likeness (QED) is 0.809. The Morgan fingerprint density at radius 3 is 2.65 bits per heavy atom. The number of anilines is 1. The van der Waals surface area contributed by atoms with E-state index in [0.717, 1.165) is 25.7 Å². The molecule has 1 aliphatic heterocycles. The second-order valence-electron chi connectivity index (χ2n) is 6.67. The van der Waals surface area contributed by atoms with Crippen LogP contribution in [0.5, 0.6) is 11.5 Å². The Morgan fingerprint density at radius 1 is 1.08 bits per heavy atom. The number of carbonyl (C=O) groups excluding carboxylic acids is 2. The summed E-state index contributed by atoms with van der Waals surface area (Å²) in [6.07, 6.45) is 4.38. The Bertz CT molecular complexity index is 813. The first-order chi connectivity index (χ1) is 12.7. The molecule has 1 aromatic heterocycles. The molecule has 2 heterocycles. The zero-order chi connectivity index (χ0) is 18.0. The lowest BCUT2D eigenvalue weighted by molar-refractivity contribution is -0.136. The van der Waals surface area contributed by atoms with Gasteiger partial charge in [0.2, 0.25) is 6.79 Å². The number of ether oxygens (including phenoxy) is 2. The fourth-order valence-corrected chi connectivity index (χ4v) is 4.62. The van der Waals surface area contributed by atoms with E-state index in [9.17, 15) is 9.59 Å². The van der Waals surface area contributed by atoms with Crippen molar-refractivity contribution in [2.24, 2.45) is 0 Å². The Balaban J connectivity index is 1.37. The van der Waals surface area contributed by atoms with Crippen LogP contribution in [-0.2, 0) is 15.0 Å². The highest BCUT2D eigenvalue weighted by molar-refractivity contribution is 7.10. The summed E-state index contributed by atoms with van der Waals surface area (Å²) in [5.74, 6) is -0.105. The van der Waals surface area contributed by atoms with Gasteiger partial charge >= 0.3 is 11.8 Å². The highest BCUT2D eigenvalue weighted by Crippen LogP contribution is 2.42. The largest absolute Gasteiger partial charge is 0.454 e. The Kier molecular flexibility index (Phi) is 4.55. The van der Waals surface area contributed by atoms with Crippen molar-refractivity contribution in [2.75, 3.05) is 18.7 Å². The fraction of sp³-hybridized carbons (Fsp3) is 0.368. The van der Waals surface area contributed by atoms with Crippen LogP contribution in [0.15, 0.2) is 35.7 Å². The average Bonchev–Trinajstić information content (AvgIpc) is 3.40. The summed E-state index contributed by atoms with van der Waals surface area (Å²) in [6.45, 7) is 0.652. The molecular weight excluding hydrogens is 352 g/mol. The maximum Gasteiger partial charge on any atom is 0.313 e. The van der Waals surface area contributed by atoms with Crippen LogP contribution in [0.25, 0.3) is 0 Å². The van der Waals surface area contributed by atoms with Crippen LogP contribution < -0.4 is 20.1 Å². The van der Waals surface area contributed by atoms with Crippen LogP contribution in [0.4, 0.5) is 5.69 Å². The van der Waals surface area contributed by atoms with Crippen LogP contribution >= 0.6 is 11.3 Å². The number of benzene rings is 1. The highest BCUT2D eigenvalue weighted by atomic mass is 32.1. The summed E-state index contributed by atoms with van der Waals surface area (Å²) in [5, 5.41) is 7.50. The van der Waals surface area contributed by atoms with Crippen LogP contribution in [0.3, 0.4) is 0 Å². The van der Waals surface area contributed by atoms with Gasteiger partial charge < -0.3 is 20.1 Å². The van der Waals surface area contributed by atoms with E-state index < -0.39 is 11.8 Å². The minimum absolute atomic E-state index is 0.0388. The van der Waals surface area contributed by atoms with E-state index in [1.807, 2.05) is 6.07 Å². The van der Waals surface area contributed by atoms with Gasteiger partial charge in [-0.3, -0.25) is 9.59 Å². The van der Waals surface area contributed by atoms with Crippen molar-refractivity contribution in [1.82, 2.24) is 5.32 Å². The Hall–Kier alpha value is -2.54. The summed E-state index contributed by atoms with van der Waals surface area (Å²) in [7, 11) is 0. The van der Waals surface area contributed by atoms with Gasteiger partial charge in [-0.1, -0.05) is 18.9 Å². The molecule has 26 heavy (non-hydrogen) atoms. The van der Waals surface area contributed by atoms with E-state index in [-0.39, 0.29) is 12.2 Å². The number of hydrogen-bond acceptors (Lipinski definition) is 5. The van der Waals surface area contributed by atoms with Gasteiger partial charge in [0, 0.05) is 28.6 Å². The molecule has 2 aliphatic rings. The van der Waals surface area contributed by atoms with Gasteiger partial charge in [0.15, 0.2) is 11.5 Å². The van der Waals surface area contributed by atoms with Gasteiger partial charge in [0.25, 0.3) is 0 Å². The monoisotopic (exact) mass is 372 g/mol. The zero-order valence-electron chi connectivity index (χ0n) is 14.2. The second-order valence-corrected chi connectivity index (χ2v) is 7.62. The van der Waals surface area contributed by atoms with Crippen molar-refractivity contribution < 1.29 is 19.1 Å². The topological polar surface area (TPSA) is 76.7 Å². The summed E-state index contributed by atoms with van der Waals surface area (Å²) in [5.41, 5.74) is 0.464. The maximum absolute atomic E-state index is 12.3. The molecule has 6 nitrogen and oxygen atoms in total. The molecule has 1 fully saturated rings. The molecule has 7 heteroatoms. The lowest BCUT2D eigenvalue weighted by atomic mass is 9.84. The van der Waals surface area contributed by atoms with Gasteiger partial charge in [-0.05, 0) is 36.4 Å². The van der Waals surface area contributed by atoms with Gasteiger partial charge in [-0.15, -0.1) is 11.3 Å². The fourth-order valence-electron chi connectivity index (χ4n) is 3.63. The predicted octanol–water partition coefficient (Wildman–Crippen LogP) is 3.04. The lowest BCUT2D eigenvalue weighted by Gasteiger charge is -2.28. The zero-order valence-corrected chi connectivity index (χ0v) is 15.1. The molecular formula is C19H20N2O4S. The van der Waals surface area contributed by atoms with Crippen molar-refractivity contribution >= 4 is 28.8 Å². The first kappa shape index (κ1) is 16.9. The number of thiophene rings is 1. The molecule has 0 atom stereocenters. The van der Waals surface area contributed by atoms with E-state index >= 15 is 0 Å². The standard InChI is InChI=1S/C19H20N2O4S/c22-17(18(23)21-13-5-6-14-15(10-13)25-12-24-14)20-11-19(7-1-2-8-19)16-4-3-9-26-16/h3-6,9-10H,1-2,7-8,11-12H2,(H,20,22)(H,21,23). The van der Waals surface area contributed by atoms with Gasteiger partial charge in [-0.25, -0.2) is 0 Å². The predicted molar refractivity (Wildman–Crippen MR) is 98.7 cm³/mol. The third-order valence-corrected chi connectivity index (χ3v) is 6.14. The van der Waals surface area contributed by atoms with Crippen LogP contribution in [0.1, 0.15) is 30.6 Å². The number of hydrogen-bond donors (Lipinski definition) is 2. The molecule has 0 bridgehead atoms. The number of fused-ring (bicyclic) bond motifs is 1. The summed E-state index contributed by atoms with van der Waals surface area (Å²) < 4.78 is 10.5. The summed E-state index contributed by atoms with van der Waals surface area (Å²) in [6, 6.07) is 9.20. The molecule has 1 saturated carbocycles. The van der Waals surface area contributed by atoms with Gasteiger partial charge in [0.1, 0.15) is 0 Å². The molecule has 2 amide bonds. The molecule has 2 N–H and O–H groups in total. The van der Waals surface area contributed by atoms with E-state index in [1.54, 1.807) is 29.5 Å². The lowest BCUT2D eigenvalue weighted by Crippen LogP contribution is -2.43. The molecule has 136 valence electrons. The normalized spacial score (nSPS) is 17.1. The molecule has 0 saturated heterocycles. The first-order valence-electron chi connectivity index (χ1n) is 8.69. The maximum atomic E-state index is 12.3. The smallest absolute Gasteiger partial charge is 0.313 e. The van der Waals surface area contributed by atoms with Gasteiger partial charge in [0.05, 0.1) is 0 Å². The Labute approximate surface area is 155 Å². The number of rotatable bonds is 4. The van der Waals surface area contributed by atoms with E-state index in [2.05, 4.69) is 22.1 Å². The van der Waals surface area contributed by atoms with Crippen LogP contribution in [-0.4, -0.2) is 25.2 Å². The minimum Gasteiger partial charge on any atom is -0.454 e. The SMILES string of the molecule is O=C(NCC1(c2cccs2)CCCC1)C(=O)Nc1ccc2c(c1)OCO2. The molecule has 0 radical (unpaired) electrons. The van der Waals surface area contributed by atoms with Crippen LogP contribution in [0.2, 0.25) is 0 Å². The molecule has 0 unspecified atom stereocenters. The highest BCUT2D eigenvalue weighted by Gasteiger charge is 2.37. The van der Waals surface area contributed by atoms with E-state index in [0.29, 0.717) is 23.7 Å². The van der Waals surface area contributed by atoms with Crippen molar-refractivity contribution in [3.63, 3.8) is 0 Å². The first-order valence-corrected chi connectivity index (χ1v) is 9.57. The number of carbonyl (C=O) groups is 2. The summed E-state index contributed by atoms with van der Waals surface area (Å²) in [4.78, 5) is 25.8. The average molecular weight is 372 g/mol. The molecule has 1 aliphatic carbocycles.